The first-order chi connectivity index (χ1) is 8.98. The number of rotatable bonds is 9. The Kier molecular flexibility index (Phi) is 6.51. The van der Waals surface area contributed by atoms with Crippen LogP contribution in [0.15, 0.2) is 16.9 Å². The van der Waals surface area contributed by atoms with Crippen LogP contribution in [0.25, 0.3) is 0 Å². The number of aromatic nitrogens is 2. The highest BCUT2D eigenvalue weighted by atomic mass is 79.9. The summed E-state index contributed by atoms with van der Waals surface area (Å²) in [6, 6.07) is 0. The Labute approximate surface area is 123 Å². The van der Waals surface area contributed by atoms with Crippen LogP contribution in [-0.2, 0) is 11.3 Å². The Bertz CT molecular complexity index is 407. The van der Waals surface area contributed by atoms with Gasteiger partial charge in [-0.1, -0.05) is 6.92 Å². The molecule has 0 aliphatic rings. The van der Waals surface area contributed by atoms with E-state index in [-0.39, 0.29) is 5.91 Å². The number of carbonyl (C=O) groups excluding carboxylic acids is 1. The van der Waals surface area contributed by atoms with Gasteiger partial charge in [-0.25, -0.2) is 0 Å². The van der Waals surface area contributed by atoms with Crippen LogP contribution in [0.1, 0.15) is 39.5 Å². The number of nitrogens with two attached hydrogens (primary N) is 1. The van der Waals surface area contributed by atoms with Gasteiger partial charge in [0.05, 0.1) is 16.2 Å². The average Bonchev–Trinajstić information content (AvgIpc) is 2.78. The minimum atomic E-state index is -0.597. The van der Waals surface area contributed by atoms with Crippen molar-refractivity contribution in [3.63, 3.8) is 0 Å². The number of carbonyl (C=O) groups is 1. The van der Waals surface area contributed by atoms with Gasteiger partial charge in [0, 0.05) is 12.7 Å². The molecule has 0 aliphatic carbocycles. The monoisotopic (exact) mass is 330 g/mol. The maximum Gasteiger partial charge on any atom is 0.237 e. The zero-order chi connectivity index (χ0) is 14.3. The van der Waals surface area contributed by atoms with Crippen molar-refractivity contribution >= 4 is 21.8 Å². The lowest BCUT2D eigenvalue weighted by atomic mass is 9.94. The first-order valence-corrected chi connectivity index (χ1v) is 7.50. The summed E-state index contributed by atoms with van der Waals surface area (Å²) in [7, 11) is 0. The molecule has 1 amide bonds. The van der Waals surface area contributed by atoms with E-state index in [0.717, 1.165) is 43.2 Å². The van der Waals surface area contributed by atoms with Gasteiger partial charge in [0.25, 0.3) is 0 Å². The normalized spacial score (nSPS) is 14.3. The first-order valence-electron chi connectivity index (χ1n) is 6.71. The molecule has 0 aliphatic heterocycles. The van der Waals surface area contributed by atoms with Crippen LogP contribution in [0.2, 0.25) is 0 Å². The van der Waals surface area contributed by atoms with Crippen LogP contribution >= 0.6 is 15.9 Å². The molecule has 0 fully saturated rings. The molecule has 0 bridgehead atoms. The summed E-state index contributed by atoms with van der Waals surface area (Å²) in [5.41, 5.74) is 4.89. The van der Waals surface area contributed by atoms with Gasteiger partial charge in [-0.05, 0) is 55.1 Å². The summed E-state index contributed by atoms with van der Waals surface area (Å²) in [5, 5.41) is 7.44. The van der Waals surface area contributed by atoms with E-state index < -0.39 is 5.54 Å². The number of unbranched alkanes of at least 4 members (excludes halogenated alkanes) is 1. The Morgan fingerprint density at radius 2 is 2.32 bits per heavy atom. The van der Waals surface area contributed by atoms with E-state index in [4.69, 9.17) is 5.73 Å². The highest BCUT2D eigenvalue weighted by Crippen LogP contribution is 2.14. The van der Waals surface area contributed by atoms with Crippen LogP contribution in [0.3, 0.4) is 0 Å². The van der Waals surface area contributed by atoms with Gasteiger partial charge in [0.1, 0.15) is 0 Å². The van der Waals surface area contributed by atoms with E-state index in [9.17, 15) is 4.79 Å². The second kappa shape index (κ2) is 7.65. The molecule has 1 atom stereocenters. The molecule has 1 aromatic rings. The van der Waals surface area contributed by atoms with Gasteiger partial charge < -0.3 is 11.1 Å². The Morgan fingerprint density at radius 1 is 1.58 bits per heavy atom. The average molecular weight is 331 g/mol. The summed E-state index contributed by atoms with van der Waals surface area (Å²) in [6.07, 6.45) is 7.38. The summed E-state index contributed by atoms with van der Waals surface area (Å²) in [4.78, 5) is 11.5. The Balaban J connectivity index is 2.34. The molecule has 1 heterocycles. The van der Waals surface area contributed by atoms with Crippen molar-refractivity contribution in [2.75, 3.05) is 6.54 Å². The van der Waals surface area contributed by atoms with Crippen molar-refractivity contribution in [2.24, 2.45) is 5.73 Å². The molecule has 0 radical (unpaired) electrons. The highest BCUT2D eigenvalue weighted by molar-refractivity contribution is 9.10. The molecule has 0 saturated carbocycles. The van der Waals surface area contributed by atoms with E-state index >= 15 is 0 Å². The summed E-state index contributed by atoms with van der Waals surface area (Å²) in [6.45, 7) is 5.62. The van der Waals surface area contributed by atoms with E-state index in [1.807, 2.05) is 17.8 Å². The van der Waals surface area contributed by atoms with Crippen LogP contribution in [-0.4, -0.2) is 27.8 Å². The smallest absolute Gasteiger partial charge is 0.237 e. The predicted octanol–water partition coefficient (Wildman–Crippen LogP) is 2.06. The van der Waals surface area contributed by atoms with Crippen molar-refractivity contribution < 1.29 is 4.79 Å². The topological polar surface area (TPSA) is 72.9 Å². The van der Waals surface area contributed by atoms with Crippen molar-refractivity contribution in [1.82, 2.24) is 15.1 Å². The van der Waals surface area contributed by atoms with E-state index in [1.165, 1.54) is 0 Å². The number of hydrogen-bond acceptors (Lipinski definition) is 3. The molecule has 108 valence electrons. The van der Waals surface area contributed by atoms with Gasteiger partial charge in [-0.3, -0.25) is 9.48 Å². The Morgan fingerprint density at radius 3 is 2.84 bits per heavy atom. The predicted molar refractivity (Wildman–Crippen MR) is 79.7 cm³/mol. The number of primary amides is 1. The quantitative estimate of drug-likeness (QED) is 0.680. The summed E-state index contributed by atoms with van der Waals surface area (Å²) < 4.78 is 2.88. The fourth-order valence-electron chi connectivity index (χ4n) is 1.91. The van der Waals surface area contributed by atoms with Crippen LogP contribution in [0.4, 0.5) is 0 Å². The third kappa shape index (κ3) is 5.32. The number of nitrogens with one attached hydrogen (secondary N) is 1. The van der Waals surface area contributed by atoms with Gasteiger partial charge >= 0.3 is 0 Å². The molecule has 3 N–H and O–H groups in total. The van der Waals surface area contributed by atoms with E-state index in [1.54, 1.807) is 6.20 Å². The number of amides is 1. The lowest BCUT2D eigenvalue weighted by Crippen LogP contribution is -2.53. The molecular formula is C13H23BrN4O. The molecule has 5 nitrogen and oxygen atoms in total. The number of nitrogens with zero attached hydrogens (tertiary/aromatic N) is 2. The molecule has 0 saturated heterocycles. The molecule has 6 heteroatoms. The molecule has 1 rings (SSSR count). The number of hydrogen-bond donors (Lipinski definition) is 2. The van der Waals surface area contributed by atoms with Gasteiger partial charge in [-0.2, -0.15) is 5.10 Å². The number of aryl methyl sites for hydroxylation is 1. The Hall–Kier alpha value is -0.880. The maximum atomic E-state index is 11.5. The fraction of sp³-hybridized carbons (Fsp3) is 0.692. The van der Waals surface area contributed by atoms with Gasteiger partial charge in [-0.15, -0.1) is 0 Å². The largest absolute Gasteiger partial charge is 0.368 e. The fourth-order valence-corrected chi connectivity index (χ4v) is 2.24. The number of halogens is 1. The third-order valence-corrected chi connectivity index (χ3v) is 3.63. The van der Waals surface area contributed by atoms with Crippen molar-refractivity contribution in [3.05, 3.63) is 16.9 Å². The minimum absolute atomic E-state index is 0.275. The molecule has 1 aromatic heterocycles. The molecule has 1 unspecified atom stereocenters. The lowest BCUT2D eigenvalue weighted by Gasteiger charge is -2.27. The molecule has 19 heavy (non-hydrogen) atoms. The van der Waals surface area contributed by atoms with Gasteiger partial charge in [0.2, 0.25) is 5.91 Å². The van der Waals surface area contributed by atoms with Crippen molar-refractivity contribution in [1.29, 1.82) is 0 Å². The van der Waals surface area contributed by atoms with E-state index in [0.29, 0.717) is 0 Å². The zero-order valence-electron chi connectivity index (χ0n) is 11.7. The van der Waals surface area contributed by atoms with E-state index in [2.05, 4.69) is 33.3 Å². The van der Waals surface area contributed by atoms with Gasteiger partial charge in [0.15, 0.2) is 0 Å². The zero-order valence-corrected chi connectivity index (χ0v) is 13.2. The minimum Gasteiger partial charge on any atom is -0.368 e. The molecular weight excluding hydrogens is 308 g/mol. The van der Waals surface area contributed by atoms with Crippen LogP contribution in [0, 0.1) is 0 Å². The first kappa shape index (κ1) is 16.2. The highest BCUT2D eigenvalue weighted by Gasteiger charge is 2.29. The van der Waals surface area contributed by atoms with Crippen LogP contribution in [0.5, 0.6) is 0 Å². The SMILES string of the molecule is CCCNC(C)(CCCCn1cc(Br)cn1)C(N)=O. The van der Waals surface area contributed by atoms with Crippen molar-refractivity contribution in [2.45, 2.75) is 51.6 Å². The standard InChI is InChI=1S/C13H23BrN4O/c1-3-7-16-13(2,12(15)19)6-4-5-8-18-10-11(14)9-17-18/h9-10,16H,3-8H2,1-2H3,(H2,15,19). The third-order valence-electron chi connectivity index (χ3n) is 3.22. The molecule has 0 spiro atoms. The molecule has 0 aromatic carbocycles. The second-order valence-electron chi connectivity index (χ2n) is 5.00. The lowest BCUT2D eigenvalue weighted by molar-refractivity contribution is -0.124. The summed E-state index contributed by atoms with van der Waals surface area (Å²) in [5.74, 6) is -0.275. The van der Waals surface area contributed by atoms with Crippen molar-refractivity contribution in [3.8, 4) is 0 Å². The maximum absolute atomic E-state index is 11.5. The van der Waals surface area contributed by atoms with Crippen LogP contribution < -0.4 is 11.1 Å². The second-order valence-corrected chi connectivity index (χ2v) is 5.92. The summed E-state index contributed by atoms with van der Waals surface area (Å²) >= 11 is 3.37.